The Morgan fingerprint density at radius 2 is 1.86 bits per heavy atom. The second kappa shape index (κ2) is 5.87. The maximum Gasteiger partial charge on any atom is 0.303 e. The van der Waals surface area contributed by atoms with Crippen molar-refractivity contribution in [1.82, 2.24) is 4.57 Å². The molecule has 1 N–H and O–H groups in total. The van der Waals surface area contributed by atoms with E-state index in [0.29, 0.717) is 5.69 Å². The van der Waals surface area contributed by atoms with Crippen LogP contribution >= 0.6 is 0 Å². The van der Waals surface area contributed by atoms with Gasteiger partial charge in [0.2, 0.25) is 0 Å². The van der Waals surface area contributed by atoms with Crippen molar-refractivity contribution in [1.29, 1.82) is 0 Å². The van der Waals surface area contributed by atoms with E-state index in [9.17, 15) is 18.4 Å². The fourth-order valence-electron chi connectivity index (χ4n) is 2.79. The highest BCUT2D eigenvalue weighted by atomic mass is 19.1. The molecule has 0 aliphatic carbocycles. The van der Waals surface area contributed by atoms with E-state index in [1.165, 1.54) is 0 Å². The molecule has 4 nitrogen and oxygen atoms in total. The van der Waals surface area contributed by atoms with Crippen LogP contribution in [0.5, 0.6) is 0 Å². The number of rotatable bonds is 4. The number of carboxylic acid groups (broad SMARTS) is 1. The summed E-state index contributed by atoms with van der Waals surface area (Å²) >= 11 is 0. The summed E-state index contributed by atoms with van der Waals surface area (Å²) in [6, 6.07) is 1.70. The number of carbonyl (C=O) groups is 1. The van der Waals surface area contributed by atoms with E-state index < -0.39 is 23.0 Å². The zero-order chi connectivity index (χ0) is 16.6. The van der Waals surface area contributed by atoms with Crippen molar-refractivity contribution in [3.05, 3.63) is 45.2 Å². The number of pyridine rings is 1. The number of hydrogen-bond acceptors (Lipinski definition) is 2. The fraction of sp³-hybridized carbons (Fsp3) is 0.375. The molecule has 0 amide bonds. The summed E-state index contributed by atoms with van der Waals surface area (Å²) in [7, 11) is 0. The minimum atomic E-state index is -1.05. The summed E-state index contributed by atoms with van der Waals surface area (Å²) in [4.78, 5) is 23.3. The zero-order valence-corrected chi connectivity index (χ0v) is 12.6. The predicted octanol–water partition coefficient (Wildman–Crippen LogP) is 3.19. The normalized spacial score (nSPS) is 11.4. The van der Waals surface area contributed by atoms with Crippen LogP contribution in [0.2, 0.25) is 0 Å². The Hall–Kier alpha value is -2.24. The molecular weight excluding hydrogens is 292 g/mol. The molecule has 1 aromatic heterocycles. The third-order valence-corrected chi connectivity index (χ3v) is 3.72. The largest absolute Gasteiger partial charge is 0.481 e. The molecule has 1 heterocycles. The summed E-state index contributed by atoms with van der Waals surface area (Å²) in [5.74, 6) is -2.52. The van der Waals surface area contributed by atoms with E-state index >= 15 is 0 Å². The number of nitrogens with zero attached hydrogens (tertiary/aromatic N) is 1. The smallest absolute Gasteiger partial charge is 0.303 e. The first kappa shape index (κ1) is 16.1. The van der Waals surface area contributed by atoms with Crippen LogP contribution in [0.3, 0.4) is 0 Å². The van der Waals surface area contributed by atoms with Crippen LogP contribution in [-0.2, 0) is 11.2 Å². The minimum absolute atomic E-state index is 0.0153. The summed E-state index contributed by atoms with van der Waals surface area (Å²) in [6.07, 6.45) is -0.255. The lowest BCUT2D eigenvalue weighted by Gasteiger charge is -2.21. The first-order chi connectivity index (χ1) is 10.3. The molecule has 0 aliphatic rings. The Kier molecular flexibility index (Phi) is 4.30. The van der Waals surface area contributed by atoms with Crippen LogP contribution in [0.4, 0.5) is 8.78 Å². The van der Waals surface area contributed by atoms with Crippen LogP contribution in [0, 0.1) is 18.6 Å². The molecular formula is C16H17F2NO3. The van der Waals surface area contributed by atoms with Gasteiger partial charge in [-0.2, -0.15) is 0 Å². The van der Waals surface area contributed by atoms with Crippen molar-refractivity contribution in [3.63, 3.8) is 0 Å². The van der Waals surface area contributed by atoms with Gasteiger partial charge in [-0.3, -0.25) is 9.59 Å². The third-order valence-electron chi connectivity index (χ3n) is 3.72. The maximum atomic E-state index is 14.2. The van der Waals surface area contributed by atoms with Crippen molar-refractivity contribution in [3.8, 4) is 0 Å². The molecule has 0 fully saturated rings. The van der Waals surface area contributed by atoms with Gasteiger partial charge in [0.05, 0.1) is 10.9 Å². The number of halogens is 2. The molecule has 1 aromatic carbocycles. The summed E-state index contributed by atoms with van der Waals surface area (Å²) in [5.41, 5.74) is -0.0226. The van der Waals surface area contributed by atoms with Crippen LogP contribution in [0.1, 0.15) is 37.6 Å². The lowest BCUT2D eigenvalue weighted by atomic mass is 10.0. The Morgan fingerprint density at radius 3 is 2.41 bits per heavy atom. The number of benzene rings is 1. The van der Waals surface area contributed by atoms with Gasteiger partial charge in [0.1, 0.15) is 11.6 Å². The Morgan fingerprint density at radius 1 is 1.27 bits per heavy atom. The molecule has 0 unspecified atom stereocenters. The van der Waals surface area contributed by atoms with E-state index in [4.69, 9.17) is 5.11 Å². The number of fused-ring (bicyclic) bond motifs is 1. The van der Waals surface area contributed by atoms with E-state index in [0.717, 1.165) is 12.1 Å². The SMILES string of the molecule is Cc1c(CCC(=O)O)c(=O)c2c(F)ccc(F)c2n1C(C)C. The van der Waals surface area contributed by atoms with Crippen molar-refractivity contribution in [2.75, 3.05) is 0 Å². The van der Waals surface area contributed by atoms with Gasteiger partial charge in [-0.15, -0.1) is 0 Å². The molecule has 2 aromatic rings. The van der Waals surface area contributed by atoms with E-state index in [1.807, 2.05) is 0 Å². The molecule has 118 valence electrons. The standard InChI is InChI=1S/C16H17F2NO3/c1-8(2)19-9(3)10(4-7-13(20)21)16(22)14-11(17)5-6-12(18)15(14)19/h5-6,8H,4,7H2,1-3H3,(H,20,21). The van der Waals surface area contributed by atoms with Crippen molar-refractivity contribution < 1.29 is 18.7 Å². The molecule has 0 atom stereocenters. The average molecular weight is 309 g/mol. The highest BCUT2D eigenvalue weighted by Crippen LogP contribution is 2.25. The highest BCUT2D eigenvalue weighted by molar-refractivity contribution is 5.82. The summed E-state index contributed by atoms with van der Waals surface area (Å²) < 4.78 is 29.8. The van der Waals surface area contributed by atoms with Crippen molar-refractivity contribution in [2.45, 2.75) is 39.7 Å². The first-order valence-corrected chi connectivity index (χ1v) is 6.99. The van der Waals surface area contributed by atoms with Gasteiger partial charge in [-0.1, -0.05) is 0 Å². The van der Waals surface area contributed by atoms with E-state index in [-0.39, 0.29) is 35.3 Å². The van der Waals surface area contributed by atoms with Crippen LogP contribution in [-0.4, -0.2) is 15.6 Å². The highest BCUT2D eigenvalue weighted by Gasteiger charge is 2.21. The lowest BCUT2D eigenvalue weighted by Crippen LogP contribution is -2.22. The van der Waals surface area contributed by atoms with Crippen LogP contribution < -0.4 is 5.43 Å². The monoisotopic (exact) mass is 309 g/mol. The first-order valence-electron chi connectivity index (χ1n) is 6.99. The molecule has 0 bridgehead atoms. The van der Waals surface area contributed by atoms with E-state index in [1.54, 1.807) is 25.3 Å². The van der Waals surface area contributed by atoms with E-state index in [2.05, 4.69) is 0 Å². The number of aliphatic carboxylic acids is 1. The Bertz CT molecular complexity index is 809. The number of aromatic nitrogens is 1. The second-order valence-electron chi connectivity index (χ2n) is 5.50. The van der Waals surface area contributed by atoms with Gasteiger partial charge in [0.15, 0.2) is 5.43 Å². The molecule has 0 radical (unpaired) electrons. The fourth-order valence-corrected chi connectivity index (χ4v) is 2.79. The maximum absolute atomic E-state index is 14.2. The van der Waals surface area contributed by atoms with Crippen LogP contribution in [0.15, 0.2) is 16.9 Å². The molecule has 2 rings (SSSR count). The van der Waals surface area contributed by atoms with Gasteiger partial charge >= 0.3 is 5.97 Å². The number of carboxylic acids is 1. The Labute approximate surface area is 126 Å². The molecule has 0 aliphatic heterocycles. The molecule has 0 saturated carbocycles. The molecule has 0 saturated heterocycles. The summed E-state index contributed by atoms with van der Waals surface area (Å²) in [6.45, 7) is 5.22. The molecule has 0 spiro atoms. The number of hydrogen-bond donors (Lipinski definition) is 1. The van der Waals surface area contributed by atoms with Gasteiger partial charge in [-0.05, 0) is 39.3 Å². The zero-order valence-electron chi connectivity index (χ0n) is 12.6. The Balaban J connectivity index is 2.92. The van der Waals surface area contributed by atoms with Gasteiger partial charge < -0.3 is 9.67 Å². The van der Waals surface area contributed by atoms with Crippen LogP contribution in [0.25, 0.3) is 10.9 Å². The average Bonchev–Trinajstić information content (AvgIpc) is 2.41. The molecule has 22 heavy (non-hydrogen) atoms. The predicted molar refractivity (Wildman–Crippen MR) is 79.2 cm³/mol. The van der Waals surface area contributed by atoms with Crippen molar-refractivity contribution in [2.24, 2.45) is 0 Å². The lowest BCUT2D eigenvalue weighted by molar-refractivity contribution is -0.136. The van der Waals surface area contributed by atoms with Crippen molar-refractivity contribution >= 4 is 16.9 Å². The molecule has 6 heteroatoms. The topological polar surface area (TPSA) is 59.3 Å². The minimum Gasteiger partial charge on any atom is -0.481 e. The van der Waals surface area contributed by atoms with Gasteiger partial charge in [0.25, 0.3) is 0 Å². The quantitative estimate of drug-likeness (QED) is 0.943. The third kappa shape index (κ3) is 2.61. The second-order valence-corrected chi connectivity index (χ2v) is 5.50. The van der Waals surface area contributed by atoms with Gasteiger partial charge in [-0.25, -0.2) is 8.78 Å². The van der Waals surface area contributed by atoms with Gasteiger partial charge in [0, 0.05) is 23.7 Å². The summed E-state index contributed by atoms with van der Waals surface area (Å²) in [5, 5.41) is 8.48.